The van der Waals surface area contributed by atoms with Crippen LogP contribution in [-0.2, 0) is 16.0 Å². The van der Waals surface area contributed by atoms with Gasteiger partial charge in [-0.2, -0.15) is 0 Å². The van der Waals surface area contributed by atoms with Crippen LogP contribution in [0.2, 0.25) is 0 Å². The summed E-state index contributed by atoms with van der Waals surface area (Å²) in [5.74, 6) is 1.13. The SMILES string of the molecule is COc1cc(CC(=O)OC(c2ccccc2)c2ccccc2)cc(OC)c1OC. The lowest BCUT2D eigenvalue weighted by Gasteiger charge is -2.19. The van der Waals surface area contributed by atoms with E-state index in [9.17, 15) is 4.79 Å². The predicted molar refractivity (Wildman–Crippen MR) is 111 cm³/mol. The Labute approximate surface area is 170 Å². The van der Waals surface area contributed by atoms with Crippen LogP contribution in [0, 0.1) is 0 Å². The van der Waals surface area contributed by atoms with E-state index in [1.54, 1.807) is 33.5 Å². The second kappa shape index (κ2) is 9.64. The fourth-order valence-corrected chi connectivity index (χ4v) is 3.16. The molecule has 5 nitrogen and oxygen atoms in total. The Hall–Kier alpha value is -3.47. The lowest BCUT2D eigenvalue weighted by Crippen LogP contribution is -2.15. The Morgan fingerprint density at radius 2 is 1.24 bits per heavy atom. The van der Waals surface area contributed by atoms with Gasteiger partial charge in [-0.25, -0.2) is 0 Å². The number of hydrogen-bond acceptors (Lipinski definition) is 5. The molecule has 5 heteroatoms. The zero-order chi connectivity index (χ0) is 20.6. The van der Waals surface area contributed by atoms with Crippen molar-refractivity contribution in [3.05, 3.63) is 89.5 Å². The molecule has 3 aromatic rings. The van der Waals surface area contributed by atoms with E-state index in [2.05, 4.69) is 0 Å². The average molecular weight is 392 g/mol. The summed E-state index contributed by atoms with van der Waals surface area (Å²) in [4.78, 5) is 12.8. The molecule has 0 aromatic heterocycles. The molecule has 0 aliphatic rings. The molecule has 0 saturated heterocycles. The zero-order valence-corrected chi connectivity index (χ0v) is 16.8. The number of benzene rings is 3. The molecule has 0 radical (unpaired) electrons. The van der Waals surface area contributed by atoms with E-state index in [1.807, 2.05) is 60.7 Å². The van der Waals surface area contributed by atoms with Gasteiger partial charge in [-0.15, -0.1) is 0 Å². The third-order valence-electron chi connectivity index (χ3n) is 4.53. The van der Waals surface area contributed by atoms with Gasteiger partial charge < -0.3 is 18.9 Å². The highest BCUT2D eigenvalue weighted by molar-refractivity contribution is 5.74. The Morgan fingerprint density at radius 3 is 1.66 bits per heavy atom. The normalized spacial score (nSPS) is 10.5. The van der Waals surface area contributed by atoms with Gasteiger partial charge in [-0.3, -0.25) is 4.79 Å². The molecule has 0 heterocycles. The van der Waals surface area contributed by atoms with E-state index in [0.29, 0.717) is 22.8 Å². The highest BCUT2D eigenvalue weighted by Crippen LogP contribution is 2.38. The number of carbonyl (C=O) groups excluding carboxylic acids is 1. The van der Waals surface area contributed by atoms with Gasteiger partial charge in [0.2, 0.25) is 5.75 Å². The summed E-state index contributed by atoms with van der Waals surface area (Å²) in [6.45, 7) is 0. The molecule has 0 N–H and O–H groups in total. The first-order chi connectivity index (χ1) is 14.2. The van der Waals surface area contributed by atoms with E-state index in [-0.39, 0.29) is 12.4 Å². The summed E-state index contributed by atoms with van der Waals surface area (Å²) in [7, 11) is 4.62. The van der Waals surface area contributed by atoms with E-state index in [1.165, 1.54) is 0 Å². The maximum atomic E-state index is 12.8. The van der Waals surface area contributed by atoms with Crippen molar-refractivity contribution < 1.29 is 23.7 Å². The molecule has 0 spiro atoms. The van der Waals surface area contributed by atoms with Crippen molar-refractivity contribution >= 4 is 5.97 Å². The van der Waals surface area contributed by atoms with Crippen molar-refractivity contribution in [2.24, 2.45) is 0 Å². The molecule has 3 rings (SSSR count). The fraction of sp³-hybridized carbons (Fsp3) is 0.208. The summed E-state index contributed by atoms with van der Waals surface area (Å²) in [6.07, 6.45) is -0.403. The van der Waals surface area contributed by atoms with Crippen molar-refractivity contribution in [2.75, 3.05) is 21.3 Å². The molecule has 0 saturated carbocycles. The van der Waals surface area contributed by atoms with Gasteiger partial charge in [0.25, 0.3) is 0 Å². The molecular weight excluding hydrogens is 368 g/mol. The van der Waals surface area contributed by atoms with Crippen LogP contribution in [0.4, 0.5) is 0 Å². The summed E-state index contributed by atoms with van der Waals surface area (Å²) in [5, 5.41) is 0. The highest BCUT2D eigenvalue weighted by atomic mass is 16.5. The van der Waals surface area contributed by atoms with Crippen molar-refractivity contribution in [3.8, 4) is 17.2 Å². The van der Waals surface area contributed by atoms with Crippen LogP contribution in [0.25, 0.3) is 0 Å². The summed E-state index contributed by atoms with van der Waals surface area (Å²) in [5.41, 5.74) is 2.54. The molecule has 0 aliphatic carbocycles. The van der Waals surface area contributed by atoms with Crippen molar-refractivity contribution in [1.82, 2.24) is 0 Å². The number of carbonyl (C=O) groups is 1. The number of ether oxygens (including phenoxy) is 4. The lowest BCUT2D eigenvalue weighted by molar-refractivity contribution is -0.146. The molecule has 0 bridgehead atoms. The van der Waals surface area contributed by atoms with E-state index >= 15 is 0 Å². The molecule has 3 aromatic carbocycles. The van der Waals surface area contributed by atoms with Gasteiger partial charge in [0, 0.05) is 0 Å². The third-order valence-corrected chi connectivity index (χ3v) is 4.53. The molecule has 0 unspecified atom stereocenters. The minimum Gasteiger partial charge on any atom is -0.493 e. The van der Waals surface area contributed by atoms with Gasteiger partial charge in [-0.05, 0) is 28.8 Å². The van der Waals surface area contributed by atoms with Crippen LogP contribution < -0.4 is 14.2 Å². The van der Waals surface area contributed by atoms with Crippen molar-refractivity contribution in [2.45, 2.75) is 12.5 Å². The smallest absolute Gasteiger partial charge is 0.311 e. The molecule has 0 fully saturated rings. The quantitative estimate of drug-likeness (QED) is 0.525. The van der Waals surface area contributed by atoms with Crippen LogP contribution in [0.15, 0.2) is 72.8 Å². The summed E-state index contributed by atoms with van der Waals surface area (Å²) < 4.78 is 21.9. The standard InChI is InChI=1S/C24H24O5/c1-26-20-14-17(15-21(27-2)24(20)28-3)16-22(25)29-23(18-10-6-4-7-11-18)19-12-8-5-9-13-19/h4-15,23H,16H2,1-3H3. The molecule has 0 atom stereocenters. The fourth-order valence-electron chi connectivity index (χ4n) is 3.16. The number of methoxy groups -OCH3 is 3. The lowest BCUT2D eigenvalue weighted by atomic mass is 10.0. The van der Waals surface area contributed by atoms with Gasteiger partial charge in [0.15, 0.2) is 17.6 Å². The second-order valence-corrected chi connectivity index (χ2v) is 6.40. The van der Waals surface area contributed by atoms with Gasteiger partial charge in [0.05, 0.1) is 27.8 Å². The molecule has 29 heavy (non-hydrogen) atoms. The van der Waals surface area contributed by atoms with Crippen molar-refractivity contribution in [1.29, 1.82) is 0 Å². The Morgan fingerprint density at radius 1 is 0.759 bits per heavy atom. The Bertz CT molecular complexity index is 873. The van der Waals surface area contributed by atoms with Crippen LogP contribution in [-0.4, -0.2) is 27.3 Å². The first kappa shape index (κ1) is 20.3. The van der Waals surface area contributed by atoms with Crippen molar-refractivity contribution in [3.63, 3.8) is 0 Å². The second-order valence-electron chi connectivity index (χ2n) is 6.40. The Balaban J connectivity index is 1.84. The van der Waals surface area contributed by atoms with Crippen LogP contribution in [0.3, 0.4) is 0 Å². The monoisotopic (exact) mass is 392 g/mol. The average Bonchev–Trinajstić information content (AvgIpc) is 2.77. The molecule has 0 aliphatic heterocycles. The number of rotatable bonds is 8. The maximum absolute atomic E-state index is 12.8. The van der Waals surface area contributed by atoms with Crippen LogP contribution in [0.5, 0.6) is 17.2 Å². The first-order valence-corrected chi connectivity index (χ1v) is 9.24. The largest absolute Gasteiger partial charge is 0.493 e. The van der Waals surface area contributed by atoms with E-state index in [4.69, 9.17) is 18.9 Å². The van der Waals surface area contributed by atoms with Gasteiger partial charge in [0.1, 0.15) is 0 Å². The number of hydrogen-bond donors (Lipinski definition) is 0. The van der Waals surface area contributed by atoms with E-state index in [0.717, 1.165) is 11.1 Å². The first-order valence-electron chi connectivity index (χ1n) is 9.24. The molecular formula is C24H24O5. The van der Waals surface area contributed by atoms with Crippen LogP contribution >= 0.6 is 0 Å². The predicted octanol–water partition coefficient (Wildman–Crippen LogP) is 4.59. The molecule has 150 valence electrons. The number of esters is 1. The highest BCUT2D eigenvalue weighted by Gasteiger charge is 2.20. The van der Waals surface area contributed by atoms with Gasteiger partial charge >= 0.3 is 5.97 Å². The maximum Gasteiger partial charge on any atom is 0.311 e. The van der Waals surface area contributed by atoms with Crippen LogP contribution in [0.1, 0.15) is 22.8 Å². The minimum absolute atomic E-state index is 0.0763. The van der Waals surface area contributed by atoms with Gasteiger partial charge in [-0.1, -0.05) is 60.7 Å². The van der Waals surface area contributed by atoms with E-state index < -0.39 is 6.10 Å². The summed E-state index contributed by atoms with van der Waals surface area (Å²) >= 11 is 0. The third kappa shape index (κ3) is 4.88. The minimum atomic E-state index is -0.480. The Kier molecular flexibility index (Phi) is 6.74. The molecule has 0 amide bonds. The topological polar surface area (TPSA) is 54.0 Å². The summed E-state index contributed by atoms with van der Waals surface area (Å²) in [6, 6.07) is 22.9. The zero-order valence-electron chi connectivity index (χ0n) is 16.8.